The van der Waals surface area contributed by atoms with E-state index in [0.29, 0.717) is 11.1 Å². The molecule has 1 aromatic heterocycles. The number of esters is 1. The molecule has 27 heavy (non-hydrogen) atoms. The molecule has 2 atom stereocenters. The number of hydrogen-bond donors (Lipinski definition) is 0. The topological polar surface area (TPSA) is 68.7 Å². The van der Waals surface area contributed by atoms with Gasteiger partial charge in [-0.05, 0) is 49.2 Å². The molecular weight excluding hydrogens is 344 g/mol. The van der Waals surface area contributed by atoms with Gasteiger partial charge in [0.15, 0.2) is 0 Å². The number of nitrogens with zero attached hydrogens (tertiary/aromatic N) is 2. The van der Waals surface area contributed by atoms with E-state index in [1.54, 1.807) is 36.7 Å². The molecule has 1 amide bonds. The van der Waals surface area contributed by atoms with Gasteiger partial charge in [0.1, 0.15) is 11.9 Å². The minimum Gasteiger partial charge on any atom is -0.489 e. The summed E-state index contributed by atoms with van der Waals surface area (Å²) in [6.45, 7) is 0. The van der Waals surface area contributed by atoms with Gasteiger partial charge < -0.3 is 14.4 Å². The predicted octanol–water partition coefficient (Wildman–Crippen LogP) is 3.08. The van der Waals surface area contributed by atoms with E-state index >= 15 is 0 Å². The van der Waals surface area contributed by atoms with Gasteiger partial charge in [0.2, 0.25) is 0 Å². The maximum absolute atomic E-state index is 13.0. The molecular formula is C21H22N2O4. The van der Waals surface area contributed by atoms with Crippen molar-refractivity contribution in [2.24, 2.45) is 0 Å². The standard InChI is InChI=1S/C21H22N2O4/c1-26-21(25)15-6-4-14(5-7-15)20(24)23-16-8-9-17(23)12-19(11-16)27-18-3-2-10-22-13-18/h2-7,10,13,16-17,19H,8-9,11-12H2,1H3. The number of pyridine rings is 1. The van der Waals surface area contributed by atoms with E-state index < -0.39 is 5.97 Å². The largest absolute Gasteiger partial charge is 0.489 e. The summed E-state index contributed by atoms with van der Waals surface area (Å²) in [4.78, 5) is 30.7. The summed E-state index contributed by atoms with van der Waals surface area (Å²) in [5.74, 6) is 0.404. The van der Waals surface area contributed by atoms with Gasteiger partial charge in [0, 0.05) is 36.7 Å². The number of carbonyl (C=O) groups is 2. The van der Waals surface area contributed by atoms with Crippen molar-refractivity contribution in [3.8, 4) is 5.75 Å². The Hall–Kier alpha value is -2.89. The van der Waals surface area contributed by atoms with Crippen LogP contribution in [-0.2, 0) is 4.74 Å². The summed E-state index contributed by atoms with van der Waals surface area (Å²) in [7, 11) is 1.34. The average Bonchev–Trinajstić information content (AvgIpc) is 2.98. The Morgan fingerprint density at radius 1 is 1.04 bits per heavy atom. The lowest BCUT2D eigenvalue weighted by Crippen LogP contribution is -2.49. The van der Waals surface area contributed by atoms with E-state index in [-0.39, 0.29) is 24.1 Å². The molecule has 0 saturated carbocycles. The molecule has 2 aromatic rings. The first-order valence-corrected chi connectivity index (χ1v) is 9.23. The Labute approximate surface area is 158 Å². The third-order valence-electron chi connectivity index (χ3n) is 5.41. The molecule has 2 aliphatic rings. The zero-order chi connectivity index (χ0) is 18.8. The second-order valence-electron chi connectivity index (χ2n) is 7.07. The molecule has 0 N–H and O–H groups in total. The zero-order valence-electron chi connectivity index (χ0n) is 15.2. The van der Waals surface area contributed by atoms with Crippen molar-refractivity contribution < 1.29 is 19.1 Å². The summed E-state index contributed by atoms with van der Waals surface area (Å²) >= 11 is 0. The van der Waals surface area contributed by atoms with E-state index in [1.165, 1.54) is 7.11 Å². The molecule has 1 aromatic carbocycles. The van der Waals surface area contributed by atoms with Crippen molar-refractivity contribution in [1.29, 1.82) is 0 Å². The molecule has 2 unspecified atom stereocenters. The second-order valence-corrected chi connectivity index (χ2v) is 7.07. The Kier molecular flexibility index (Phi) is 4.79. The molecule has 0 spiro atoms. The summed E-state index contributed by atoms with van der Waals surface area (Å²) in [5.41, 5.74) is 1.05. The summed E-state index contributed by atoms with van der Waals surface area (Å²) in [6.07, 6.45) is 7.23. The van der Waals surface area contributed by atoms with Gasteiger partial charge in [-0.2, -0.15) is 0 Å². The van der Waals surface area contributed by atoms with Gasteiger partial charge in [-0.25, -0.2) is 4.79 Å². The fraction of sp³-hybridized carbons (Fsp3) is 0.381. The maximum Gasteiger partial charge on any atom is 0.337 e. The molecule has 0 radical (unpaired) electrons. The van der Waals surface area contributed by atoms with Crippen LogP contribution in [0.4, 0.5) is 0 Å². The van der Waals surface area contributed by atoms with E-state index in [4.69, 9.17) is 9.47 Å². The van der Waals surface area contributed by atoms with Crippen LogP contribution in [0.25, 0.3) is 0 Å². The van der Waals surface area contributed by atoms with Gasteiger partial charge >= 0.3 is 5.97 Å². The summed E-state index contributed by atoms with van der Waals surface area (Å²) in [5, 5.41) is 0. The van der Waals surface area contributed by atoms with Crippen molar-refractivity contribution in [1.82, 2.24) is 9.88 Å². The highest BCUT2D eigenvalue weighted by molar-refractivity contribution is 5.96. The Morgan fingerprint density at radius 2 is 1.70 bits per heavy atom. The number of carbonyl (C=O) groups excluding carboxylic acids is 2. The van der Waals surface area contributed by atoms with Crippen molar-refractivity contribution in [3.05, 3.63) is 59.9 Å². The predicted molar refractivity (Wildman–Crippen MR) is 98.6 cm³/mol. The number of hydrogen-bond acceptors (Lipinski definition) is 5. The Balaban J connectivity index is 1.44. The smallest absolute Gasteiger partial charge is 0.337 e. The van der Waals surface area contributed by atoms with Crippen molar-refractivity contribution in [2.75, 3.05) is 7.11 Å². The molecule has 4 rings (SSSR count). The van der Waals surface area contributed by atoms with Crippen LogP contribution >= 0.6 is 0 Å². The highest BCUT2D eigenvalue weighted by Crippen LogP contribution is 2.38. The number of benzene rings is 1. The summed E-state index contributed by atoms with van der Waals surface area (Å²) < 4.78 is 10.8. The van der Waals surface area contributed by atoms with Gasteiger partial charge in [0.25, 0.3) is 5.91 Å². The van der Waals surface area contributed by atoms with E-state index in [0.717, 1.165) is 31.4 Å². The van der Waals surface area contributed by atoms with Gasteiger partial charge in [-0.1, -0.05) is 0 Å². The molecule has 2 saturated heterocycles. The molecule has 3 heterocycles. The molecule has 6 heteroatoms. The highest BCUT2D eigenvalue weighted by Gasteiger charge is 2.44. The number of piperidine rings is 1. The first-order valence-electron chi connectivity index (χ1n) is 9.23. The second kappa shape index (κ2) is 7.39. The van der Waals surface area contributed by atoms with Crippen LogP contribution in [0.2, 0.25) is 0 Å². The Morgan fingerprint density at radius 3 is 2.30 bits per heavy atom. The summed E-state index contributed by atoms with van der Waals surface area (Å²) in [6, 6.07) is 10.8. The molecule has 2 aliphatic heterocycles. The van der Waals surface area contributed by atoms with Crippen LogP contribution in [0.1, 0.15) is 46.4 Å². The van der Waals surface area contributed by atoms with E-state index in [2.05, 4.69) is 4.98 Å². The number of methoxy groups -OCH3 is 1. The maximum atomic E-state index is 13.0. The fourth-order valence-electron chi connectivity index (χ4n) is 4.18. The van der Waals surface area contributed by atoms with Crippen LogP contribution in [0.15, 0.2) is 48.8 Å². The third kappa shape index (κ3) is 3.52. The van der Waals surface area contributed by atoms with Crippen LogP contribution in [0.3, 0.4) is 0 Å². The number of aromatic nitrogens is 1. The number of amides is 1. The quantitative estimate of drug-likeness (QED) is 0.778. The van der Waals surface area contributed by atoms with Crippen LogP contribution in [-0.4, -0.2) is 47.1 Å². The number of ether oxygens (including phenoxy) is 2. The number of rotatable bonds is 4. The van der Waals surface area contributed by atoms with Crippen LogP contribution in [0, 0.1) is 0 Å². The lowest BCUT2D eigenvalue weighted by molar-refractivity contribution is 0.0357. The zero-order valence-corrected chi connectivity index (χ0v) is 15.2. The molecule has 0 aliphatic carbocycles. The molecule has 2 bridgehead atoms. The lowest BCUT2D eigenvalue weighted by atomic mass is 9.98. The normalized spacial score (nSPS) is 23.7. The first-order chi connectivity index (χ1) is 13.2. The van der Waals surface area contributed by atoms with E-state index in [9.17, 15) is 9.59 Å². The molecule has 140 valence electrons. The monoisotopic (exact) mass is 366 g/mol. The number of fused-ring (bicyclic) bond motifs is 2. The lowest BCUT2D eigenvalue weighted by Gasteiger charge is -2.39. The molecule has 2 fully saturated rings. The fourth-order valence-corrected chi connectivity index (χ4v) is 4.18. The minimum atomic E-state index is -0.401. The van der Waals surface area contributed by atoms with Gasteiger partial charge in [-0.15, -0.1) is 0 Å². The average molecular weight is 366 g/mol. The molecule has 6 nitrogen and oxygen atoms in total. The first kappa shape index (κ1) is 17.5. The minimum absolute atomic E-state index is 0.0266. The van der Waals surface area contributed by atoms with Gasteiger partial charge in [-0.3, -0.25) is 9.78 Å². The van der Waals surface area contributed by atoms with Crippen LogP contribution in [0.5, 0.6) is 5.75 Å². The van der Waals surface area contributed by atoms with Crippen molar-refractivity contribution in [2.45, 2.75) is 43.9 Å². The van der Waals surface area contributed by atoms with Crippen molar-refractivity contribution in [3.63, 3.8) is 0 Å². The Bertz CT molecular complexity index is 808. The SMILES string of the molecule is COC(=O)c1ccc(C(=O)N2C3CCC2CC(Oc2cccnc2)C3)cc1. The van der Waals surface area contributed by atoms with Gasteiger partial charge in [0.05, 0.1) is 18.9 Å². The highest BCUT2D eigenvalue weighted by atomic mass is 16.5. The van der Waals surface area contributed by atoms with Crippen LogP contribution < -0.4 is 4.74 Å². The van der Waals surface area contributed by atoms with E-state index in [1.807, 2.05) is 17.0 Å². The third-order valence-corrected chi connectivity index (χ3v) is 5.41. The van der Waals surface area contributed by atoms with Crippen molar-refractivity contribution >= 4 is 11.9 Å².